The number of carbonyl (C=O) groups is 3. The Morgan fingerprint density at radius 3 is 2.30 bits per heavy atom. The molecular weight excluding hydrogens is 420 g/mol. The number of amides is 2. The highest BCUT2D eigenvalue weighted by atomic mass is 16.6. The fourth-order valence-corrected chi connectivity index (χ4v) is 2.61. The first-order valence-electron chi connectivity index (χ1n) is 10.4. The topological polar surface area (TPSA) is 93.7 Å². The highest BCUT2D eigenvalue weighted by molar-refractivity contribution is 5.97. The van der Waals surface area contributed by atoms with E-state index in [0.29, 0.717) is 5.56 Å². The zero-order chi connectivity index (χ0) is 24.3. The van der Waals surface area contributed by atoms with Crippen LogP contribution < -0.4 is 10.6 Å². The van der Waals surface area contributed by atoms with Crippen LogP contribution in [0.3, 0.4) is 0 Å². The van der Waals surface area contributed by atoms with Crippen molar-refractivity contribution in [1.29, 1.82) is 0 Å². The van der Waals surface area contributed by atoms with Gasteiger partial charge in [0.1, 0.15) is 11.6 Å². The SMILES string of the molecule is COC(=O)[C@H](CNC(=O)OC(C)(C)C)NC(=O)c1ccc(C#C/C=C/c2ccccc2)cc1. The molecule has 0 heterocycles. The first-order chi connectivity index (χ1) is 15.7. The van der Waals surface area contributed by atoms with E-state index in [2.05, 4.69) is 22.5 Å². The lowest BCUT2D eigenvalue weighted by Crippen LogP contribution is -2.49. The summed E-state index contributed by atoms with van der Waals surface area (Å²) in [5, 5.41) is 5.02. The van der Waals surface area contributed by atoms with E-state index in [9.17, 15) is 14.4 Å². The molecule has 2 aromatic rings. The van der Waals surface area contributed by atoms with Gasteiger partial charge in [0.2, 0.25) is 0 Å². The van der Waals surface area contributed by atoms with Gasteiger partial charge < -0.3 is 20.1 Å². The van der Waals surface area contributed by atoms with Gasteiger partial charge in [-0.25, -0.2) is 9.59 Å². The van der Waals surface area contributed by atoms with Gasteiger partial charge in [-0.1, -0.05) is 42.2 Å². The van der Waals surface area contributed by atoms with Crippen LogP contribution in [-0.2, 0) is 14.3 Å². The molecule has 0 saturated heterocycles. The normalized spacial score (nSPS) is 11.6. The highest BCUT2D eigenvalue weighted by Gasteiger charge is 2.24. The molecule has 2 rings (SSSR count). The Morgan fingerprint density at radius 2 is 1.70 bits per heavy atom. The summed E-state index contributed by atoms with van der Waals surface area (Å²) in [5.41, 5.74) is 1.45. The van der Waals surface area contributed by atoms with Crippen LogP contribution in [0, 0.1) is 11.8 Å². The minimum Gasteiger partial charge on any atom is -0.467 e. The number of ether oxygens (including phenoxy) is 2. The fraction of sp³-hybridized carbons (Fsp3) is 0.269. The van der Waals surface area contributed by atoms with Crippen LogP contribution in [0.1, 0.15) is 42.3 Å². The summed E-state index contributed by atoms with van der Waals surface area (Å²) in [6, 6.07) is 15.4. The zero-order valence-corrected chi connectivity index (χ0v) is 19.2. The molecule has 0 aliphatic heterocycles. The number of hydrogen-bond acceptors (Lipinski definition) is 5. The quantitative estimate of drug-likeness (QED) is 0.521. The molecule has 0 spiro atoms. The number of carbonyl (C=O) groups excluding carboxylic acids is 3. The molecule has 7 nitrogen and oxygen atoms in total. The lowest BCUT2D eigenvalue weighted by molar-refractivity contribution is -0.142. The van der Waals surface area contributed by atoms with Gasteiger partial charge in [-0.05, 0) is 62.8 Å². The van der Waals surface area contributed by atoms with Gasteiger partial charge in [0, 0.05) is 11.1 Å². The molecule has 0 aliphatic carbocycles. The van der Waals surface area contributed by atoms with Crippen LogP contribution in [0.2, 0.25) is 0 Å². The molecule has 0 aliphatic rings. The van der Waals surface area contributed by atoms with Crippen molar-refractivity contribution in [2.24, 2.45) is 0 Å². The van der Waals surface area contributed by atoms with E-state index in [1.807, 2.05) is 36.4 Å². The van der Waals surface area contributed by atoms with Crippen molar-refractivity contribution in [2.45, 2.75) is 32.4 Å². The first-order valence-corrected chi connectivity index (χ1v) is 10.4. The first kappa shape index (κ1) is 25.2. The maximum atomic E-state index is 12.6. The summed E-state index contributed by atoms with van der Waals surface area (Å²) in [7, 11) is 1.20. The largest absolute Gasteiger partial charge is 0.467 e. The van der Waals surface area contributed by atoms with Crippen molar-refractivity contribution in [3.63, 3.8) is 0 Å². The molecule has 0 unspecified atom stereocenters. The van der Waals surface area contributed by atoms with Gasteiger partial charge in [-0.15, -0.1) is 0 Å². The lowest BCUT2D eigenvalue weighted by Gasteiger charge is -2.21. The number of esters is 1. The predicted octanol–water partition coefficient (Wildman–Crippen LogP) is 3.55. The maximum Gasteiger partial charge on any atom is 0.407 e. The number of rotatable bonds is 6. The van der Waals surface area contributed by atoms with Gasteiger partial charge in [-0.2, -0.15) is 0 Å². The number of allylic oxidation sites excluding steroid dienone is 1. The van der Waals surface area contributed by atoms with Crippen LogP contribution in [0.4, 0.5) is 4.79 Å². The van der Waals surface area contributed by atoms with Crippen molar-refractivity contribution >= 4 is 24.0 Å². The third kappa shape index (κ3) is 9.32. The minimum atomic E-state index is -1.07. The van der Waals surface area contributed by atoms with Crippen molar-refractivity contribution in [3.8, 4) is 11.8 Å². The average molecular weight is 449 g/mol. The summed E-state index contributed by atoms with van der Waals surface area (Å²) >= 11 is 0. The molecule has 2 N–H and O–H groups in total. The standard InChI is InChI=1S/C26H28N2O5/c1-26(2,3)33-25(31)27-18-22(24(30)32-4)28-23(29)21-16-14-20(15-17-21)13-9-8-12-19-10-6-5-7-11-19/h5-8,10-12,14-17,22H,18H2,1-4H3,(H,27,31)(H,28,29)/b12-8+/t22-/m0/s1. The molecule has 33 heavy (non-hydrogen) atoms. The molecule has 1 atom stereocenters. The van der Waals surface area contributed by atoms with Crippen molar-refractivity contribution in [2.75, 3.05) is 13.7 Å². The van der Waals surface area contributed by atoms with Crippen molar-refractivity contribution in [1.82, 2.24) is 10.6 Å². The second-order valence-electron chi connectivity index (χ2n) is 8.02. The van der Waals surface area contributed by atoms with Crippen LogP contribution in [0.25, 0.3) is 6.08 Å². The molecule has 0 radical (unpaired) electrons. The Kier molecular flexibility index (Phi) is 9.25. The van der Waals surface area contributed by atoms with Gasteiger partial charge in [0.05, 0.1) is 13.7 Å². The third-order valence-corrected chi connectivity index (χ3v) is 4.16. The Morgan fingerprint density at radius 1 is 1.03 bits per heavy atom. The second kappa shape index (κ2) is 12.1. The molecule has 2 amide bonds. The third-order valence-electron chi connectivity index (χ3n) is 4.16. The van der Waals surface area contributed by atoms with E-state index in [0.717, 1.165) is 11.1 Å². The number of benzene rings is 2. The predicted molar refractivity (Wildman–Crippen MR) is 126 cm³/mol. The fourth-order valence-electron chi connectivity index (χ4n) is 2.61. The molecule has 0 fully saturated rings. The van der Waals surface area contributed by atoms with Crippen LogP contribution in [0.5, 0.6) is 0 Å². The maximum absolute atomic E-state index is 12.6. The van der Waals surface area contributed by atoms with Crippen LogP contribution >= 0.6 is 0 Å². The second-order valence-corrected chi connectivity index (χ2v) is 8.02. The summed E-state index contributed by atoms with van der Waals surface area (Å²) in [4.78, 5) is 36.4. The van der Waals surface area contributed by atoms with Crippen molar-refractivity contribution < 1.29 is 23.9 Å². The van der Waals surface area contributed by atoms with Gasteiger partial charge in [0.15, 0.2) is 0 Å². The van der Waals surface area contributed by atoms with E-state index in [1.165, 1.54) is 7.11 Å². The van der Waals surface area contributed by atoms with Crippen molar-refractivity contribution in [3.05, 3.63) is 77.4 Å². The summed E-state index contributed by atoms with van der Waals surface area (Å²) in [6.45, 7) is 4.99. The molecule has 0 saturated carbocycles. The number of methoxy groups -OCH3 is 1. The Bertz CT molecular complexity index is 1040. The van der Waals surface area contributed by atoms with E-state index in [1.54, 1.807) is 51.1 Å². The van der Waals surface area contributed by atoms with Gasteiger partial charge >= 0.3 is 12.1 Å². The smallest absolute Gasteiger partial charge is 0.407 e. The Hall–Kier alpha value is -4.05. The summed E-state index contributed by atoms with van der Waals surface area (Å²) < 4.78 is 9.85. The molecule has 172 valence electrons. The van der Waals surface area contributed by atoms with E-state index in [4.69, 9.17) is 9.47 Å². The molecule has 0 bridgehead atoms. The van der Waals surface area contributed by atoms with Crippen LogP contribution in [0.15, 0.2) is 60.7 Å². The summed E-state index contributed by atoms with van der Waals surface area (Å²) in [6.07, 6.45) is 2.97. The van der Waals surface area contributed by atoms with Crippen LogP contribution in [-0.4, -0.2) is 43.3 Å². The van der Waals surface area contributed by atoms with Gasteiger partial charge in [-0.3, -0.25) is 4.79 Å². The monoisotopic (exact) mass is 448 g/mol. The zero-order valence-electron chi connectivity index (χ0n) is 19.2. The Balaban J connectivity index is 1.96. The van der Waals surface area contributed by atoms with E-state index in [-0.39, 0.29) is 6.54 Å². The van der Waals surface area contributed by atoms with E-state index >= 15 is 0 Å². The van der Waals surface area contributed by atoms with E-state index < -0.39 is 29.6 Å². The molecule has 0 aromatic heterocycles. The number of nitrogens with one attached hydrogen (secondary N) is 2. The number of hydrogen-bond donors (Lipinski definition) is 2. The minimum absolute atomic E-state index is 0.176. The molecule has 2 aromatic carbocycles. The Labute approximate surface area is 194 Å². The number of alkyl carbamates (subject to hydrolysis) is 1. The highest BCUT2D eigenvalue weighted by Crippen LogP contribution is 2.07. The molecule has 7 heteroatoms. The van der Waals surface area contributed by atoms with Gasteiger partial charge in [0.25, 0.3) is 5.91 Å². The molecular formula is C26H28N2O5. The average Bonchev–Trinajstić information content (AvgIpc) is 2.78. The lowest BCUT2D eigenvalue weighted by atomic mass is 10.1. The summed E-state index contributed by atoms with van der Waals surface area (Å²) in [5.74, 6) is 4.77.